The third-order valence-electron chi connectivity index (χ3n) is 4.93. The van der Waals surface area contributed by atoms with Crippen LogP contribution in [0.2, 0.25) is 5.02 Å². The maximum absolute atomic E-state index is 13.6. The number of nitriles is 1. The summed E-state index contributed by atoms with van der Waals surface area (Å²) in [6.45, 7) is -0.356. The van der Waals surface area contributed by atoms with Gasteiger partial charge in [-0.25, -0.2) is 15.1 Å². The highest BCUT2D eigenvalue weighted by molar-refractivity contribution is 6.30. The van der Waals surface area contributed by atoms with Crippen molar-refractivity contribution >= 4 is 11.6 Å². The Morgan fingerprint density at radius 3 is 2.65 bits per heavy atom. The van der Waals surface area contributed by atoms with Crippen LogP contribution in [0, 0.1) is 11.3 Å². The summed E-state index contributed by atoms with van der Waals surface area (Å²) >= 11 is 5.90. The van der Waals surface area contributed by atoms with Gasteiger partial charge in [-0.05, 0) is 35.9 Å². The summed E-state index contributed by atoms with van der Waals surface area (Å²) in [5.74, 6) is -1.13. The Balaban J connectivity index is 1.76. The molecular weight excluding hydrogens is 517 g/mol. The highest BCUT2D eigenvalue weighted by Gasteiger charge is 2.38. The van der Waals surface area contributed by atoms with Crippen molar-refractivity contribution in [3.05, 3.63) is 91.6 Å². The number of halogens is 4. The molecule has 0 fully saturated rings. The van der Waals surface area contributed by atoms with E-state index in [2.05, 4.69) is 20.2 Å². The molecule has 188 valence electrons. The Morgan fingerprint density at radius 2 is 1.95 bits per heavy atom. The summed E-state index contributed by atoms with van der Waals surface area (Å²) in [6, 6.07) is 9.77. The number of alkyl halides is 3. The summed E-state index contributed by atoms with van der Waals surface area (Å²) in [5.41, 5.74) is -2.54. The van der Waals surface area contributed by atoms with Gasteiger partial charge in [0.15, 0.2) is 5.69 Å². The Bertz CT molecular complexity index is 1650. The zero-order valence-corrected chi connectivity index (χ0v) is 19.5. The number of ether oxygens (including phenoxy) is 2. The normalized spacial score (nSPS) is 11.1. The quantitative estimate of drug-likeness (QED) is 0.398. The number of aromatic amines is 1. The molecule has 0 amide bonds. The molecule has 0 aliphatic heterocycles. The van der Waals surface area contributed by atoms with Gasteiger partial charge in [-0.1, -0.05) is 11.6 Å². The van der Waals surface area contributed by atoms with Gasteiger partial charge in [0.1, 0.15) is 5.75 Å². The van der Waals surface area contributed by atoms with E-state index in [0.29, 0.717) is 11.9 Å². The molecule has 0 bridgehead atoms. The molecule has 10 nitrogen and oxygen atoms in total. The van der Waals surface area contributed by atoms with Crippen LogP contribution < -0.4 is 20.6 Å². The molecule has 0 aliphatic rings. The van der Waals surface area contributed by atoms with Crippen molar-refractivity contribution < 1.29 is 22.6 Å². The monoisotopic (exact) mass is 530 g/mol. The topological polar surface area (TPSA) is 136 Å². The van der Waals surface area contributed by atoms with Crippen molar-refractivity contribution in [2.45, 2.75) is 12.7 Å². The van der Waals surface area contributed by atoms with Gasteiger partial charge in [-0.3, -0.25) is 14.2 Å². The van der Waals surface area contributed by atoms with Gasteiger partial charge in [-0.2, -0.15) is 23.5 Å². The predicted octanol–water partition coefficient (Wildman–Crippen LogP) is 3.78. The minimum atomic E-state index is -5.02. The van der Waals surface area contributed by atoms with Gasteiger partial charge in [0.05, 0.1) is 42.9 Å². The van der Waals surface area contributed by atoms with Crippen molar-refractivity contribution in [2.75, 3.05) is 7.11 Å². The van der Waals surface area contributed by atoms with E-state index in [-0.39, 0.29) is 40.0 Å². The lowest BCUT2D eigenvalue weighted by molar-refractivity contribution is -0.142. The standard InChI is InChI=1S/C23H14ClF3N6O4/c1-36-18-6-13(2-3-29-18)17-8-15(31-32-21(17)34)10-33-11-30-20(23(25,26)27)19(22(33)35)37-16-5-12(9-28)4-14(24)7-16/h2-8,11H,10H2,1H3,(H,32,34). The number of benzene rings is 1. The Hall–Kier alpha value is -4.70. The fourth-order valence-corrected chi connectivity index (χ4v) is 3.51. The second-order valence-corrected chi connectivity index (χ2v) is 7.87. The van der Waals surface area contributed by atoms with Crippen molar-refractivity contribution in [2.24, 2.45) is 0 Å². The molecule has 3 aromatic heterocycles. The number of nitrogens with one attached hydrogen (secondary N) is 1. The van der Waals surface area contributed by atoms with E-state index in [1.807, 2.05) is 0 Å². The predicted molar refractivity (Wildman–Crippen MR) is 123 cm³/mol. The summed E-state index contributed by atoms with van der Waals surface area (Å²) < 4.78 is 52.0. The van der Waals surface area contributed by atoms with Crippen LogP contribution in [0.25, 0.3) is 11.1 Å². The summed E-state index contributed by atoms with van der Waals surface area (Å²) in [4.78, 5) is 32.8. The van der Waals surface area contributed by atoms with Gasteiger partial charge >= 0.3 is 6.18 Å². The van der Waals surface area contributed by atoms with Gasteiger partial charge in [0.2, 0.25) is 11.6 Å². The zero-order chi connectivity index (χ0) is 26.7. The summed E-state index contributed by atoms with van der Waals surface area (Å²) in [6.07, 6.45) is -2.90. The molecule has 3 heterocycles. The fraction of sp³-hybridized carbons (Fsp3) is 0.130. The molecule has 0 aliphatic carbocycles. The fourth-order valence-electron chi connectivity index (χ4n) is 3.29. The molecule has 37 heavy (non-hydrogen) atoms. The molecule has 14 heteroatoms. The van der Waals surface area contributed by atoms with Crippen LogP contribution in [0.4, 0.5) is 13.2 Å². The molecule has 4 aromatic rings. The van der Waals surface area contributed by atoms with E-state index in [9.17, 15) is 22.8 Å². The third-order valence-corrected chi connectivity index (χ3v) is 5.15. The van der Waals surface area contributed by atoms with Crippen LogP contribution >= 0.6 is 11.6 Å². The number of aromatic nitrogens is 5. The zero-order valence-electron chi connectivity index (χ0n) is 18.7. The van der Waals surface area contributed by atoms with Crippen molar-refractivity contribution in [3.8, 4) is 34.6 Å². The molecule has 0 saturated heterocycles. The lowest BCUT2D eigenvalue weighted by Gasteiger charge is -2.15. The highest BCUT2D eigenvalue weighted by Crippen LogP contribution is 2.35. The molecule has 0 spiro atoms. The third kappa shape index (κ3) is 5.60. The lowest BCUT2D eigenvalue weighted by Crippen LogP contribution is -2.27. The minimum absolute atomic E-state index is 0.0120. The van der Waals surface area contributed by atoms with E-state index < -0.39 is 28.7 Å². The molecule has 0 saturated carbocycles. The molecule has 0 radical (unpaired) electrons. The highest BCUT2D eigenvalue weighted by atomic mass is 35.5. The van der Waals surface area contributed by atoms with Crippen molar-refractivity contribution in [1.82, 2.24) is 24.7 Å². The molecule has 0 unspecified atom stereocenters. The number of H-pyrrole nitrogens is 1. The SMILES string of the molecule is COc1cc(-c2cc(Cn3cnc(C(F)(F)F)c(Oc4cc(Cl)cc(C#N)c4)c3=O)n[nH]c2=O)ccn1. The maximum atomic E-state index is 13.6. The van der Waals surface area contributed by atoms with E-state index in [4.69, 9.17) is 26.3 Å². The number of methoxy groups -OCH3 is 1. The Labute approximate surface area is 210 Å². The van der Waals surface area contributed by atoms with Crippen LogP contribution in [-0.2, 0) is 12.7 Å². The molecule has 1 aromatic carbocycles. The lowest BCUT2D eigenvalue weighted by atomic mass is 10.1. The first-order valence-electron chi connectivity index (χ1n) is 10.2. The van der Waals surface area contributed by atoms with Crippen molar-refractivity contribution in [3.63, 3.8) is 0 Å². The molecule has 1 N–H and O–H groups in total. The summed E-state index contributed by atoms with van der Waals surface area (Å²) in [7, 11) is 1.41. The number of hydrogen-bond donors (Lipinski definition) is 1. The number of hydrogen-bond acceptors (Lipinski definition) is 8. The van der Waals surface area contributed by atoms with E-state index in [1.165, 1.54) is 31.5 Å². The van der Waals surface area contributed by atoms with Crippen LogP contribution in [0.3, 0.4) is 0 Å². The van der Waals surface area contributed by atoms with Crippen molar-refractivity contribution in [1.29, 1.82) is 5.26 Å². The molecular formula is C23H14ClF3N6O4. The minimum Gasteiger partial charge on any atom is -0.481 e. The van der Waals surface area contributed by atoms with E-state index >= 15 is 0 Å². The summed E-state index contributed by atoms with van der Waals surface area (Å²) in [5, 5.41) is 15.3. The second kappa shape index (κ2) is 10.1. The number of rotatable bonds is 6. The second-order valence-electron chi connectivity index (χ2n) is 7.43. The van der Waals surface area contributed by atoms with Gasteiger partial charge < -0.3 is 9.47 Å². The van der Waals surface area contributed by atoms with Crippen LogP contribution in [0.1, 0.15) is 17.0 Å². The molecule has 0 atom stereocenters. The Kier molecular flexibility index (Phi) is 6.94. The number of nitrogens with zero attached hydrogens (tertiary/aromatic N) is 5. The smallest absolute Gasteiger partial charge is 0.437 e. The van der Waals surface area contributed by atoms with E-state index in [1.54, 1.807) is 12.1 Å². The first-order valence-corrected chi connectivity index (χ1v) is 10.6. The van der Waals surface area contributed by atoms with Gasteiger partial charge in [0.25, 0.3) is 11.1 Å². The average Bonchev–Trinajstić information content (AvgIpc) is 2.86. The number of pyridine rings is 1. The largest absolute Gasteiger partial charge is 0.481 e. The average molecular weight is 531 g/mol. The van der Waals surface area contributed by atoms with Gasteiger partial charge in [-0.15, -0.1) is 0 Å². The van der Waals surface area contributed by atoms with Crippen LogP contribution in [0.5, 0.6) is 17.4 Å². The first kappa shape index (κ1) is 25.4. The first-order chi connectivity index (χ1) is 17.6. The molecule has 4 rings (SSSR count). The van der Waals surface area contributed by atoms with Crippen LogP contribution in [-0.4, -0.2) is 31.8 Å². The van der Waals surface area contributed by atoms with E-state index in [0.717, 1.165) is 16.7 Å². The van der Waals surface area contributed by atoms with Gasteiger partial charge in [0, 0.05) is 17.3 Å². The maximum Gasteiger partial charge on any atom is 0.437 e. The van der Waals surface area contributed by atoms with Crippen LogP contribution in [0.15, 0.2) is 58.5 Å². The Morgan fingerprint density at radius 1 is 1.16 bits per heavy atom.